The van der Waals surface area contributed by atoms with Crippen molar-refractivity contribution >= 4 is 5.97 Å². The first kappa shape index (κ1) is 6.55. The number of nitrogens with two attached hydrogens (primary N) is 1. The van der Waals surface area contributed by atoms with E-state index in [1.165, 1.54) is 0 Å². The van der Waals surface area contributed by atoms with Crippen LogP contribution in [-0.2, 0) is 4.79 Å². The molecule has 0 saturated heterocycles. The number of rotatable bonds is 2. The van der Waals surface area contributed by atoms with Gasteiger partial charge in [0.1, 0.15) is 0 Å². The van der Waals surface area contributed by atoms with Gasteiger partial charge in [0.25, 0.3) is 0 Å². The van der Waals surface area contributed by atoms with Crippen LogP contribution in [0.2, 0.25) is 0 Å². The lowest BCUT2D eigenvalue weighted by atomic mass is 10.1. The van der Waals surface area contributed by atoms with Crippen molar-refractivity contribution in [3.05, 3.63) is 0 Å². The monoisotopic (exact) mass is 129 g/mol. The van der Waals surface area contributed by atoms with Gasteiger partial charge in [0.15, 0.2) is 0 Å². The van der Waals surface area contributed by atoms with Crippen LogP contribution in [0.3, 0.4) is 0 Å². The second-order valence-electron chi connectivity index (χ2n) is 2.86. The van der Waals surface area contributed by atoms with E-state index in [2.05, 4.69) is 0 Å². The van der Waals surface area contributed by atoms with Gasteiger partial charge < -0.3 is 10.8 Å². The zero-order valence-corrected chi connectivity index (χ0v) is 5.42. The first-order valence-corrected chi connectivity index (χ1v) is 3.04. The summed E-state index contributed by atoms with van der Waals surface area (Å²) < 4.78 is 0. The van der Waals surface area contributed by atoms with Crippen LogP contribution >= 0.6 is 0 Å². The van der Waals surface area contributed by atoms with Crippen LogP contribution in [-0.4, -0.2) is 17.6 Å². The summed E-state index contributed by atoms with van der Waals surface area (Å²) in [5.74, 6) is -0.493. The summed E-state index contributed by atoms with van der Waals surface area (Å²) in [7, 11) is 0. The molecule has 0 bridgehead atoms. The second-order valence-corrected chi connectivity index (χ2v) is 2.86. The van der Waals surface area contributed by atoms with Gasteiger partial charge in [-0.2, -0.15) is 0 Å². The molecule has 1 fully saturated rings. The minimum absolute atomic E-state index is 0.218. The van der Waals surface area contributed by atoms with E-state index < -0.39 is 11.4 Å². The summed E-state index contributed by atoms with van der Waals surface area (Å²) in [6, 6.07) is 0. The SMILES string of the molecule is C[C@@]1(C(=O)O)C[C@@H]1CN. The van der Waals surface area contributed by atoms with Crippen molar-refractivity contribution in [2.24, 2.45) is 17.1 Å². The fourth-order valence-electron chi connectivity index (χ4n) is 1.06. The Morgan fingerprint density at radius 1 is 2.00 bits per heavy atom. The zero-order valence-electron chi connectivity index (χ0n) is 5.42. The van der Waals surface area contributed by atoms with Gasteiger partial charge in [0, 0.05) is 0 Å². The molecule has 1 rings (SSSR count). The highest BCUT2D eigenvalue weighted by Crippen LogP contribution is 2.51. The maximum atomic E-state index is 10.4. The molecular weight excluding hydrogens is 118 g/mol. The molecule has 0 amide bonds. The molecule has 2 atom stereocenters. The lowest BCUT2D eigenvalue weighted by Gasteiger charge is -2.00. The van der Waals surface area contributed by atoms with Gasteiger partial charge >= 0.3 is 5.97 Å². The third-order valence-corrected chi connectivity index (χ3v) is 2.18. The van der Waals surface area contributed by atoms with E-state index in [1.54, 1.807) is 6.92 Å². The average Bonchev–Trinajstić information content (AvgIpc) is 2.44. The average molecular weight is 129 g/mol. The summed E-state index contributed by atoms with van der Waals surface area (Å²) >= 11 is 0. The molecule has 0 unspecified atom stereocenters. The van der Waals surface area contributed by atoms with Gasteiger partial charge in [0.2, 0.25) is 0 Å². The highest BCUT2D eigenvalue weighted by Gasteiger charge is 2.55. The maximum absolute atomic E-state index is 10.4. The van der Waals surface area contributed by atoms with Crippen molar-refractivity contribution in [1.82, 2.24) is 0 Å². The molecule has 9 heavy (non-hydrogen) atoms. The molecule has 0 heterocycles. The van der Waals surface area contributed by atoms with Crippen molar-refractivity contribution in [2.45, 2.75) is 13.3 Å². The van der Waals surface area contributed by atoms with Crippen LogP contribution in [0.25, 0.3) is 0 Å². The molecule has 0 radical (unpaired) electrons. The van der Waals surface area contributed by atoms with E-state index in [9.17, 15) is 4.79 Å². The van der Waals surface area contributed by atoms with E-state index >= 15 is 0 Å². The van der Waals surface area contributed by atoms with E-state index in [1.807, 2.05) is 0 Å². The zero-order chi connectivity index (χ0) is 7.07. The van der Waals surface area contributed by atoms with Crippen LogP contribution < -0.4 is 5.73 Å². The van der Waals surface area contributed by atoms with E-state index in [0.717, 1.165) is 6.42 Å². The van der Waals surface area contributed by atoms with Crippen molar-refractivity contribution < 1.29 is 9.90 Å². The van der Waals surface area contributed by atoms with Crippen LogP contribution in [0.5, 0.6) is 0 Å². The standard InChI is InChI=1S/C6H11NO2/c1-6(5(8)9)2-4(6)3-7/h4H,2-3,7H2,1H3,(H,8,9)/t4-,6-/m1/s1. The number of hydrogen-bond acceptors (Lipinski definition) is 2. The first-order chi connectivity index (χ1) is 4.11. The highest BCUT2D eigenvalue weighted by atomic mass is 16.4. The smallest absolute Gasteiger partial charge is 0.309 e. The molecule has 3 nitrogen and oxygen atoms in total. The molecule has 1 aliphatic rings. The molecule has 3 N–H and O–H groups in total. The topological polar surface area (TPSA) is 63.3 Å². The summed E-state index contributed by atoms with van der Waals surface area (Å²) in [6.45, 7) is 2.25. The second kappa shape index (κ2) is 1.70. The molecular formula is C6H11NO2. The maximum Gasteiger partial charge on any atom is 0.309 e. The Morgan fingerprint density at radius 2 is 2.56 bits per heavy atom. The van der Waals surface area contributed by atoms with Gasteiger partial charge in [-0.05, 0) is 25.8 Å². The molecule has 0 aromatic heterocycles. The fraction of sp³-hybridized carbons (Fsp3) is 0.833. The number of hydrogen-bond donors (Lipinski definition) is 2. The van der Waals surface area contributed by atoms with E-state index in [-0.39, 0.29) is 5.92 Å². The summed E-state index contributed by atoms with van der Waals surface area (Å²) in [5, 5.41) is 8.56. The minimum atomic E-state index is -0.710. The van der Waals surface area contributed by atoms with Crippen LogP contribution in [0, 0.1) is 11.3 Å². The normalized spacial score (nSPS) is 40.4. The predicted molar refractivity (Wildman–Crippen MR) is 32.9 cm³/mol. The predicted octanol–water partition coefficient (Wildman–Crippen LogP) is 0.0559. The third kappa shape index (κ3) is 0.812. The fourth-order valence-corrected chi connectivity index (χ4v) is 1.06. The Morgan fingerprint density at radius 3 is 2.67 bits per heavy atom. The minimum Gasteiger partial charge on any atom is -0.481 e. The number of aliphatic carboxylic acids is 1. The third-order valence-electron chi connectivity index (χ3n) is 2.18. The Kier molecular flexibility index (Phi) is 1.24. The number of carbonyl (C=O) groups is 1. The van der Waals surface area contributed by atoms with Crippen molar-refractivity contribution in [3.8, 4) is 0 Å². The number of carboxylic acid groups (broad SMARTS) is 1. The van der Waals surface area contributed by atoms with Crippen molar-refractivity contribution in [1.29, 1.82) is 0 Å². The first-order valence-electron chi connectivity index (χ1n) is 3.04. The summed E-state index contributed by atoms with van der Waals surface area (Å²) in [6.07, 6.45) is 0.749. The van der Waals surface area contributed by atoms with E-state index in [4.69, 9.17) is 10.8 Å². The molecule has 0 spiro atoms. The van der Waals surface area contributed by atoms with Gasteiger partial charge in [-0.3, -0.25) is 4.79 Å². The van der Waals surface area contributed by atoms with Crippen LogP contribution in [0.4, 0.5) is 0 Å². The summed E-state index contributed by atoms with van der Waals surface area (Å²) in [5.41, 5.74) is 4.79. The Bertz CT molecular complexity index is 146. The van der Waals surface area contributed by atoms with Gasteiger partial charge in [0.05, 0.1) is 5.41 Å². The van der Waals surface area contributed by atoms with Gasteiger partial charge in [-0.25, -0.2) is 0 Å². The van der Waals surface area contributed by atoms with Crippen LogP contribution in [0.1, 0.15) is 13.3 Å². The molecule has 1 aliphatic carbocycles. The van der Waals surface area contributed by atoms with Crippen molar-refractivity contribution in [2.75, 3.05) is 6.54 Å². The Hall–Kier alpha value is -0.570. The van der Waals surface area contributed by atoms with Gasteiger partial charge in [-0.15, -0.1) is 0 Å². The summed E-state index contributed by atoms with van der Waals surface area (Å²) in [4.78, 5) is 10.4. The Balaban J connectivity index is 2.52. The lowest BCUT2D eigenvalue weighted by Crippen LogP contribution is -2.16. The number of carboxylic acids is 1. The highest BCUT2D eigenvalue weighted by molar-refractivity contribution is 5.78. The van der Waals surface area contributed by atoms with Crippen LogP contribution in [0.15, 0.2) is 0 Å². The molecule has 0 aromatic rings. The molecule has 0 aromatic carbocycles. The van der Waals surface area contributed by atoms with E-state index in [0.29, 0.717) is 6.54 Å². The Labute approximate surface area is 53.9 Å². The lowest BCUT2D eigenvalue weighted by molar-refractivity contribution is -0.143. The molecule has 52 valence electrons. The molecule has 3 heteroatoms. The van der Waals surface area contributed by atoms with Crippen molar-refractivity contribution in [3.63, 3.8) is 0 Å². The molecule has 1 saturated carbocycles. The quantitative estimate of drug-likeness (QED) is 0.554. The van der Waals surface area contributed by atoms with Gasteiger partial charge in [-0.1, -0.05) is 0 Å². The molecule has 0 aliphatic heterocycles. The largest absolute Gasteiger partial charge is 0.481 e.